The number of aromatic nitrogens is 1. The Morgan fingerprint density at radius 2 is 1.89 bits per heavy atom. The third-order valence-corrected chi connectivity index (χ3v) is 7.12. The molecule has 0 saturated heterocycles. The summed E-state index contributed by atoms with van der Waals surface area (Å²) >= 11 is 4.64. The fourth-order valence-electron chi connectivity index (χ4n) is 2.30. The van der Waals surface area contributed by atoms with Gasteiger partial charge >= 0.3 is 5.97 Å². The first kappa shape index (κ1) is 20.7. The van der Waals surface area contributed by atoms with E-state index >= 15 is 0 Å². The Morgan fingerprint density at radius 3 is 2.61 bits per heavy atom. The van der Waals surface area contributed by atoms with Crippen molar-refractivity contribution in [2.24, 2.45) is 0 Å². The normalized spacial score (nSPS) is 11.4. The molecule has 0 unspecified atom stereocenters. The van der Waals surface area contributed by atoms with Crippen LogP contribution >= 0.6 is 27.3 Å². The molecular weight excluding hydrogens is 464 g/mol. The predicted molar refractivity (Wildman–Crippen MR) is 111 cm³/mol. The summed E-state index contributed by atoms with van der Waals surface area (Å²) in [5.41, 5.74) is 2.77. The minimum atomic E-state index is -3.82. The number of ether oxygens (including phenoxy) is 1. The quantitative estimate of drug-likeness (QED) is 0.518. The van der Waals surface area contributed by atoms with Crippen LogP contribution in [0.25, 0.3) is 10.6 Å². The fourth-order valence-corrected chi connectivity index (χ4v) is 5.08. The average Bonchev–Trinajstić information content (AvgIpc) is 3.14. The molecule has 1 N–H and O–H groups in total. The van der Waals surface area contributed by atoms with Crippen molar-refractivity contribution in [3.05, 3.63) is 69.6 Å². The van der Waals surface area contributed by atoms with E-state index in [4.69, 9.17) is 4.74 Å². The standard InChI is InChI=1S/C19H17BrN2O4S2/c1-13-6-8-14(9-7-13)19-22-15(12-27-19)11-26-18(23)10-21-28(24,25)17-5-3-2-4-16(17)20/h2-9,12,21H,10-11H2,1H3. The first-order chi connectivity index (χ1) is 13.3. The van der Waals surface area contributed by atoms with Gasteiger partial charge in [0.25, 0.3) is 0 Å². The number of nitrogens with zero attached hydrogens (tertiary/aromatic N) is 1. The molecule has 0 aliphatic heterocycles. The second-order valence-corrected chi connectivity index (χ2v) is 9.37. The maximum absolute atomic E-state index is 12.3. The third kappa shape index (κ3) is 5.26. The van der Waals surface area contributed by atoms with Gasteiger partial charge in [-0.15, -0.1) is 11.3 Å². The number of nitrogens with one attached hydrogen (secondary N) is 1. The Kier molecular flexibility index (Phi) is 6.61. The number of hydrogen-bond acceptors (Lipinski definition) is 6. The van der Waals surface area contributed by atoms with Gasteiger partial charge in [-0.1, -0.05) is 42.0 Å². The van der Waals surface area contributed by atoms with E-state index in [1.165, 1.54) is 23.0 Å². The lowest BCUT2D eigenvalue weighted by Gasteiger charge is -2.08. The Bertz CT molecular complexity index is 1080. The summed E-state index contributed by atoms with van der Waals surface area (Å²) in [6, 6.07) is 14.4. The van der Waals surface area contributed by atoms with Crippen LogP contribution in [0.15, 0.2) is 63.3 Å². The van der Waals surface area contributed by atoms with Crippen molar-refractivity contribution in [1.29, 1.82) is 0 Å². The minimum absolute atomic E-state index is 0.0159. The number of halogens is 1. The van der Waals surface area contributed by atoms with Crippen molar-refractivity contribution in [2.75, 3.05) is 6.54 Å². The van der Waals surface area contributed by atoms with Gasteiger partial charge in [0.05, 0.1) is 10.6 Å². The number of benzene rings is 2. The number of sulfonamides is 1. The second-order valence-electron chi connectivity index (χ2n) is 5.93. The molecule has 0 radical (unpaired) electrons. The van der Waals surface area contributed by atoms with E-state index in [-0.39, 0.29) is 11.5 Å². The van der Waals surface area contributed by atoms with Crippen LogP contribution < -0.4 is 4.72 Å². The molecule has 28 heavy (non-hydrogen) atoms. The van der Waals surface area contributed by atoms with Crippen LogP contribution in [0.4, 0.5) is 0 Å². The van der Waals surface area contributed by atoms with Crippen LogP contribution in [0.2, 0.25) is 0 Å². The molecule has 0 bridgehead atoms. The topological polar surface area (TPSA) is 85.4 Å². The summed E-state index contributed by atoms with van der Waals surface area (Å²) in [6.45, 7) is 1.54. The highest BCUT2D eigenvalue weighted by Crippen LogP contribution is 2.24. The minimum Gasteiger partial charge on any atom is -0.458 e. The number of carbonyl (C=O) groups is 1. The largest absolute Gasteiger partial charge is 0.458 e. The number of carbonyl (C=O) groups excluding carboxylic acids is 1. The lowest BCUT2D eigenvalue weighted by molar-refractivity contribution is -0.143. The smallest absolute Gasteiger partial charge is 0.321 e. The SMILES string of the molecule is Cc1ccc(-c2nc(COC(=O)CNS(=O)(=O)c3ccccc3Br)cs2)cc1. The van der Waals surface area contributed by atoms with Crippen molar-refractivity contribution in [3.63, 3.8) is 0 Å². The van der Waals surface area contributed by atoms with Gasteiger partial charge in [-0.25, -0.2) is 13.4 Å². The van der Waals surface area contributed by atoms with E-state index in [9.17, 15) is 13.2 Å². The molecule has 0 atom stereocenters. The van der Waals surface area contributed by atoms with Gasteiger partial charge < -0.3 is 4.74 Å². The van der Waals surface area contributed by atoms with Crippen LogP contribution in [0, 0.1) is 6.92 Å². The number of thiazole rings is 1. The van der Waals surface area contributed by atoms with E-state index in [2.05, 4.69) is 25.6 Å². The van der Waals surface area contributed by atoms with Crippen LogP contribution in [0.1, 0.15) is 11.3 Å². The van der Waals surface area contributed by atoms with Gasteiger partial charge in [-0.2, -0.15) is 4.72 Å². The maximum atomic E-state index is 12.3. The number of hydrogen-bond donors (Lipinski definition) is 1. The van der Waals surface area contributed by atoms with Crippen LogP contribution in [0.3, 0.4) is 0 Å². The lowest BCUT2D eigenvalue weighted by Crippen LogP contribution is -2.30. The van der Waals surface area contributed by atoms with E-state index < -0.39 is 22.5 Å². The summed E-state index contributed by atoms with van der Waals surface area (Å²) in [6.07, 6.45) is 0. The fraction of sp³-hybridized carbons (Fsp3) is 0.158. The Balaban J connectivity index is 1.54. The van der Waals surface area contributed by atoms with Crippen LogP contribution in [-0.2, 0) is 26.2 Å². The summed E-state index contributed by atoms with van der Waals surface area (Å²) in [5, 5.41) is 2.65. The molecule has 0 spiro atoms. The molecule has 2 aromatic carbocycles. The van der Waals surface area contributed by atoms with Crippen molar-refractivity contribution in [3.8, 4) is 10.6 Å². The zero-order chi connectivity index (χ0) is 20.1. The zero-order valence-corrected chi connectivity index (χ0v) is 18.1. The number of esters is 1. The van der Waals surface area contributed by atoms with Gasteiger partial charge in [0, 0.05) is 15.4 Å². The van der Waals surface area contributed by atoms with E-state index in [1.807, 2.05) is 36.6 Å². The highest BCUT2D eigenvalue weighted by Gasteiger charge is 2.18. The maximum Gasteiger partial charge on any atom is 0.321 e. The van der Waals surface area contributed by atoms with E-state index in [0.29, 0.717) is 10.2 Å². The molecule has 9 heteroatoms. The van der Waals surface area contributed by atoms with Gasteiger partial charge in [0.15, 0.2) is 0 Å². The monoisotopic (exact) mass is 480 g/mol. The summed E-state index contributed by atoms with van der Waals surface area (Å²) in [7, 11) is -3.82. The molecule has 0 aliphatic rings. The Labute approximate surface area is 175 Å². The third-order valence-electron chi connectivity index (χ3n) is 3.76. The summed E-state index contributed by atoms with van der Waals surface area (Å²) < 4.78 is 32.3. The predicted octanol–water partition coefficient (Wildman–Crippen LogP) is 3.90. The molecule has 1 heterocycles. The van der Waals surface area contributed by atoms with Gasteiger partial charge in [0.1, 0.15) is 18.2 Å². The van der Waals surface area contributed by atoms with Gasteiger partial charge in [-0.3, -0.25) is 4.79 Å². The van der Waals surface area contributed by atoms with Gasteiger partial charge in [-0.05, 0) is 35.0 Å². The summed E-state index contributed by atoms with van der Waals surface area (Å²) in [5.74, 6) is -0.680. The van der Waals surface area contributed by atoms with Gasteiger partial charge in [0.2, 0.25) is 10.0 Å². The Morgan fingerprint density at radius 1 is 1.18 bits per heavy atom. The first-order valence-corrected chi connectivity index (χ1v) is 11.4. The molecule has 3 rings (SSSR count). The molecular formula is C19H17BrN2O4S2. The first-order valence-electron chi connectivity index (χ1n) is 8.26. The van der Waals surface area contributed by atoms with Crippen molar-refractivity contribution >= 4 is 43.3 Å². The molecule has 6 nitrogen and oxygen atoms in total. The zero-order valence-electron chi connectivity index (χ0n) is 14.9. The van der Waals surface area contributed by atoms with Crippen molar-refractivity contribution in [1.82, 2.24) is 9.71 Å². The molecule has 0 amide bonds. The van der Waals surface area contributed by atoms with Crippen LogP contribution in [0.5, 0.6) is 0 Å². The van der Waals surface area contributed by atoms with E-state index in [0.717, 1.165) is 10.6 Å². The van der Waals surface area contributed by atoms with E-state index in [1.54, 1.807) is 18.2 Å². The van der Waals surface area contributed by atoms with Crippen molar-refractivity contribution < 1.29 is 17.9 Å². The highest BCUT2D eigenvalue weighted by atomic mass is 79.9. The lowest BCUT2D eigenvalue weighted by atomic mass is 10.2. The molecule has 3 aromatic rings. The Hall–Kier alpha value is -2.07. The highest BCUT2D eigenvalue weighted by molar-refractivity contribution is 9.10. The summed E-state index contributed by atoms with van der Waals surface area (Å²) in [4.78, 5) is 16.4. The van der Waals surface area contributed by atoms with Crippen LogP contribution in [-0.4, -0.2) is 25.9 Å². The number of rotatable bonds is 7. The molecule has 1 aromatic heterocycles. The average molecular weight is 481 g/mol. The second kappa shape index (κ2) is 8.95. The van der Waals surface area contributed by atoms with Crippen molar-refractivity contribution in [2.45, 2.75) is 18.4 Å². The molecule has 146 valence electrons. The molecule has 0 saturated carbocycles. The number of aryl methyl sites for hydroxylation is 1. The molecule has 0 aliphatic carbocycles. The molecule has 0 fully saturated rings.